The molecule has 2 aromatic carbocycles. The summed E-state index contributed by atoms with van der Waals surface area (Å²) in [5.74, 6) is -3.92. The fraction of sp³-hybridized carbons (Fsp3) is 0.235. The molecule has 140 valence electrons. The lowest BCUT2D eigenvalue weighted by atomic mass is 10.1. The van der Waals surface area contributed by atoms with E-state index in [1.807, 2.05) is 22.6 Å². The van der Waals surface area contributed by atoms with Gasteiger partial charge >= 0.3 is 0 Å². The van der Waals surface area contributed by atoms with Crippen molar-refractivity contribution in [3.8, 4) is 0 Å². The zero-order valence-corrected chi connectivity index (χ0v) is 15.6. The third kappa shape index (κ3) is 5.08. The molecule has 0 radical (unpaired) electrons. The van der Waals surface area contributed by atoms with E-state index in [2.05, 4.69) is 10.6 Å². The van der Waals surface area contributed by atoms with Gasteiger partial charge in [-0.2, -0.15) is 0 Å². The number of benzene rings is 2. The molecule has 1 amide bonds. The molecule has 26 heavy (non-hydrogen) atoms. The maximum Gasteiger partial charge on any atom is 0.253 e. The van der Waals surface area contributed by atoms with Crippen molar-refractivity contribution in [1.29, 1.82) is 0 Å². The van der Waals surface area contributed by atoms with Crippen LogP contribution in [0.3, 0.4) is 0 Å². The lowest BCUT2D eigenvalue weighted by Crippen LogP contribution is -2.29. The first-order valence-electron chi connectivity index (χ1n) is 7.60. The van der Waals surface area contributed by atoms with Crippen molar-refractivity contribution >= 4 is 39.9 Å². The van der Waals surface area contributed by atoms with Crippen LogP contribution < -0.4 is 10.6 Å². The fourth-order valence-electron chi connectivity index (χ4n) is 2.13. The second-order valence-corrected chi connectivity index (χ2v) is 6.66. The number of anilines is 2. The van der Waals surface area contributed by atoms with E-state index >= 15 is 0 Å². The van der Waals surface area contributed by atoms with Gasteiger partial charge in [0.25, 0.3) is 5.91 Å². The average molecular weight is 480 g/mol. The Morgan fingerprint density at radius 1 is 1.15 bits per heavy atom. The van der Waals surface area contributed by atoms with Gasteiger partial charge in [0.1, 0.15) is 5.82 Å². The number of hydrogen-bond acceptors (Lipinski definition) is 4. The zero-order valence-electron chi connectivity index (χ0n) is 13.4. The largest absolute Gasteiger partial charge is 0.394 e. The van der Waals surface area contributed by atoms with Gasteiger partial charge in [-0.25, -0.2) is 13.2 Å². The van der Waals surface area contributed by atoms with E-state index in [-0.39, 0.29) is 24.2 Å². The lowest BCUT2D eigenvalue weighted by molar-refractivity contribution is 0.0834. The third-order valence-corrected chi connectivity index (χ3v) is 4.18. The summed E-state index contributed by atoms with van der Waals surface area (Å²) in [6.45, 7) is -0.448. The molecule has 2 rings (SSSR count). The Kier molecular flexibility index (Phi) is 7.23. The first-order valence-corrected chi connectivity index (χ1v) is 8.68. The van der Waals surface area contributed by atoms with Crippen LogP contribution in [0.25, 0.3) is 0 Å². The zero-order chi connectivity index (χ0) is 19.3. The van der Waals surface area contributed by atoms with Crippen molar-refractivity contribution in [2.45, 2.75) is 12.5 Å². The quantitative estimate of drug-likeness (QED) is 0.460. The first kappa shape index (κ1) is 20.5. The van der Waals surface area contributed by atoms with E-state index in [9.17, 15) is 23.1 Å². The smallest absolute Gasteiger partial charge is 0.253 e. The molecule has 1 atom stereocenters. The molecule has 0 aromatic heterocycles. The summed E-state index contributed by atoms with van der Waals surface area (Å²) < 4.78 is 42.4. The summed E-state index contributed by atoms with van der Waals surface area (Å²) in [7, 11) is 0. The minimum Gasteiger partial charge on any atom is -0.394 e. The van der Waals surface area contributed by atoms with Crippen LogP contribution in [0.2, 0.25) is 0 Å². The Labute approximate surface area is 161 Å². The summed E-state index contributed by atoms with van der Waals surface area (Å²) >= 11 is 1.90. The van der Waals surface area contributed by atoms with Crippen molar-refractivity contribution in [2.75, 3.05) is 18.5 Å². The number of amides is 1. The highest BCUT2D eigenvalue weighted by molar-refractivity contribution is 14.1. The highest BCUT2D eigenvalue weighted by atomic mass is 127. The summed E-state index contributed by atoms with van der Waals surface area (Å²) in [5, 5.41) is 22.8. The highest BCUT2D eigenvalue weighted by Crippen LogP contribution is 2.28. The standard InChI is InChI=1S/C17H16F3IN2O3/c18-12-3-2-11(17(26)22-6-5-10(25)8-24)16(15(12)20)23-14-4-1-9(21)7-13(14)19/h1-4,7,10,23-25H,5-6,8H2,(H,22,26). The molecule has 0 fully saturated rings. The van der Waals surface area contributed by atoms with Gasteiger partial charge in [-0.3, -0.25) is 4.79 Å². The van der Waals surface area contributed by atoms with Crippen molar-refractivity contribution in [2.24, 2.45) is 0 Å². The van der Waals surface area contributed by atoms with E-state index in [4.69, 9.17) is 5.11 Å². The first-order chi connectivity index (χ1) is 12.3. The topological polar surface area (TPSA) is 81.6 Å². The summed E-state index contributed by atoms with van der Waals surface area (Å²) in [6.07, 6.45) is -0.917. The van der Waals surface area contributed by atoms with Crippen LogP contribution in [0.4, 0.5) is 24.5 Å². The molecule has 0 aliphatic rings. The minimum absolute atomic E-state index is 0.0108. The molecular formula is C17H16F3IN2O3. The van der Waals surface area contributed by atoms with E-state index < -0.39 is 41.8 Å². The van der Waals surface area contributed by atoms with Gasteiger partial charge < -0.3 is 20.8 Å². The van der Waals surface area contributed by atoms with Crippen LogP contribution in [0.15, 0.2) is 30.3 Å². The summed E-state index contributed by atoms with van der Waals surface area (Å²) in [4.78, 5) is 12.2. The number of carbonyl (C=O) groups is 1. The highest BCUT2D eigenvalue weighted by Gasteiger charge is 2.20. The molecule has 1 unspecified atom stereocenters. The van der Waals surface area contributed by atoms with Gasteiger partial charge in [-0.1, -0.05) is 0 Å². The lowest BCUT2D eigenvalue weighted by Gasteiger charge is -2.15. The number of rotatable bonds is 7. The summed E-state index contributed by atoms with van der Waals surface area (Å²) in [6, 6.07) is 5.99. The molecule has 0 aliphatic carbocycles. The van der Waals surface area contributed by atoms with Crippen LogP contribution in [0, 0.1) is 21.0 Å². The van der Waals surface area contributed by atoms with Gasteiger partial charge in [0, 0.05) is 10.1 Å². The molecule has 2 aromatic rings. The third-order valence-electron chi connectivity index (χ3n) is 3.50. The molecule has 4 N–H and O–H groups in total. The number of aliphatic hydroxyl groups is 2. The Hall–Kier alpha value is -1.85. The molecular weight excluding hydrogens is 464 g/mol. The van der Waals surface area contributed by atoms with Gasteiger partial charge in [-0.05, 0) is 59.3 Å². The Morgan fingerprint density at radius 3 is 2.54 bits per heavy atom. The summed E-state index contributed by atoms with van der Waals surface area (Å²) in [5.41, 5.74) is -0.828. The van der Waals surface area contributed by atoms with E-state index in [0.717, 1.165) is 12.1 Å². The van der Waals surface area contributed by atoms with Crippen molar-refractivity contribution < 1.29 is 28.2 Å². The fourth-order valence-corrected chi connectivity index (χ4v) is 2.58. The predicted molar refractivity (Wildman–Crippen MR) is 98.8 cm³/mol. The number of nitrogens with one attached hydrogen (secondary N) is 2. The van der Waals surface area contributed by atoms with Gasteiger partial charge in [-0.15, -0.1) is 0 Å². The maximum atomic E-state index is 14.2. The Bertz CT molecular complexity index is 805. The SMILES string of the molecule is O=C(NCCC(O)CO)c1ccc(F)c(F)c1Nc1ccc(I)cc1F. The molecule has 5 nitrogen and oxygen atoms in total. The van der Waals surface area contributed by atoms with Crippen LogP contribution in [0.5, 0.6) is 0 Å². The van der Waals surface area contributed by atoms with Crippen molar-refractivity contribution in [3.63, 3.8) is 0 Å². The van der Waals surface area contributed by atoms with E-state index in [0.29, 0.717) is 3.57 Å². The molecule has 0 bridgehead atoms. The number of aliphatic hydroxyl groups excluding tert-OH is 2. The van der Waals surface area contributed by atoms with E-state index in [1.54, 1.807) is 6.07 Å². The number of hydrogen-bond donors (Lipinski definition) is 4. The van der Waals surface area contributed by atoms with Crippen molar-refractivity contribution in [1.82, 2.24) is 5.32 Å². The van der Waals surface area contributed by atoms with Gasteiger partial charge in [0.05, 0.1) is 29.6 Å². The second-order valence-electron chi connectivity index (χ2n) is 5.41. The van der Waals surface area contributed by atoms with Crippen molar-refractivity contribution in [3.05, 3.63) is 56.9 Å². The molecule has 0 saturated carbocycles. The van der Waals surface area contributed by atoms with E-state index in [1.165, 1.54) is 12.1 Å². The Balaban J connectivity index is 2.27. The van der Waals surface area contributed by atoms with Crippen LogP contribution in [-0.4, -0.2) is 35.4 Å². The number of carbonyl (C=O) groups excluding carboxylic acids is 1. The molecule has 0 saturated heterocycles. The predicted octanol–water partition coefficient (Wildman–Crippen LogP) is 2.93. The Morgan fingerprint density at radius 2 is 1.88 bits per heavy atom. The minimum atomic E-state index is -1.31. The monoisotopic (exact) mass is 480 g/mol. The number of halogens is 4. The van der Waals surface area contributed by atoms with Gasteiger partial charge in [0.15, 0.2) is 11.6 Å². The van der Waals surface area contributed by atoms with Crippen LogP contribution in [-0.2, 0) is 0 Å². The molecule has 0 heterocycles. The van der Waals surface area contributed by atoms with Crippen LogP contribution in [0.1, 0.15) is 16.8 Å². The molecule has 9 heteroatoms. The maximum absolute atomic E-state index is 14.2. The normalized spacial score (nSPS) is 11.9. The molecule has 0 spiro atoms. The second kappa shape index (κ2) is 9.19. The molecule has 0 aliphatic heterocycles. The average Bonchev–Trinajstić information content (AvgIpc) is 2.60. The van der Waals surface area contributed by atoms with Crippen LogP contribution >= 0.6 is 22.6 Å². The van der Waals surface area contributed by atoms with Gasteiger partial charge in [0.2, 0.25) is 0 Å².